The van der Waals surface area contributed by atoms with Gasteiger partial charge >= 0.3 is 0 Å². The summed E-state index contributed by atoms with van der Waals surface area (Å²) in [6, 6.07) is -0.633. The van der Waals surface area contributed by atoms with Crippen LogP contribution in [0.2, 0.25) is 0 Å². The molecule has 0 fully saturated rings. The summed E-state index contributed by atoms with van der Waals surface area (Å²) in [7, 11) is 1.61. The van der Waals surface area contributed by atoms with Gasteiger partial charge in [0.05, 0.1) is 12.2 Å². The molecule has 0 heterocycles. The third-order valence-corrected chi connectivity index (χ3v) is 1.28. The zero-order valence-electron chi connectivity index (χ0n) is 8.68. The second kappa shape index (κ2) is 5.16. The van der Waals surface area contributed by atoms with E-state index in [2.05, 4.69) is 10.9 Å². The Morgan fingerprint density at radius 2 is 2.08 bits per heavy atom. The van der Waals surface area contributed by atoms with Crippen LogP contribution >= 0.6 is 0 Å². The van der Waals surface area contributed by atoms with Gasteiger partial charge in [0.15, 0.2) is 0 Å². The second-order valence-electron chi connectivity index (χ2n) is 3.77. The smallest absolute Gasteiger partial charge is 0.253 e. The van der Waals surface area contributed by atoms with Crippen molar-refractivity contribution in [3.05, 3.63) is 0 Å². The largest absolute Gasteiger partial charge is 0.374 e. The maximum Gasteiger partial charge on any atom is 0.253 e. The molecule has 0 bridgehead atoms. The van der Waals surface area contributed by atoms with Crippen molar-refractivity contribution in [2.45, 2.75) is 32.4 Å². The first kappa shape index (κ1) is 12.3. The molecular weight excluding hydrogens is 170 g/mol. The molecule has 0 unspecified atom stereocenters. The highest BCUT2D eigenvalue weighted by atomic mass is 16.5. The Morgan fingerprint density at radius 1 is 1.54 bits per heavy atom. The van der Waals surface area contributed by atoms with Gasteiger partial charge in [0.1, 0.15) is 6.04 Å². The monoisotopic (exact) mass is 189 g/mol. The molecule has 0 saturated carbocycles. The number of nitrogens with two attached hydrogens (primary N) is 1. The van der Waals surface area contributed by atoms with Crippen LogP contribution in [-0.4, -0.2) is 31.2 Å². The van der Waals surface area contributed by atoms with Gasteiger partial charge in [0.2, 0.25) is 0 Å². The topological polar surface area (TPSA) is 76.4 Å². The summed E-state index contributed by atoms with van der Waals surface area (Å²) in [5.41, 5.74) is 10.2. The van der Waals surface area contributed by atoms with E-state index < -0.39 is 6.04 Å². The molecule has 78 valence electrons. The highest BCUT2D eigenvalue weighted by Gasteiger charge is 2.17. The Labute approximate surface area is 79.0 Å². The van der Waals surface area contributed by atoms with Crippen molar-refractivity contribution in [1.29, 1.82) is 0 Å². The number of nitrogens with one attached hydrogen (secondary N) is 2. The van der Waals surface area contributed by atoms with E-state index in [9.17, 15) is 4.79 Å². The van der Waals surface area contributed by atoms with Crippen LogP contribution in [0.15, 0.2) is 0 Å². The number of hydrazine groups is 1. The van der Waals surface area contributed by atoms with E-state index in [1.165, 1.54) is 0 Å². The second-order valence-corrected chi connectivity index (χ2v) is 3.77. The van der Waals surface area contributed by atoms with Crippen LogP contribution in [0.25, 0.3) is 0 Å². The summed E-state index contributed by atoms with van der Waals surface area (Å²) in [6.07, 6.45) is 0. The van der Waals surface area contributed by atoms with Gasteiger partial charge in [-0.05, 0) is 20.8 Å². The van der Waals surface area contributed by atoms with Crippen LogP contribution in [0.3, 0.4) is 0 Å². The highest BCUT2D eigenvalue weighted by molar-refractivity contribution is 5.81. The predicted octanol–water partition coefficient (Wildman–Crippen LogP) is -0.621. The quantitative estimate of drug-likeness (QED) is 0.515. The lowest BCUT2D eigenvalue weighted by atomic mass is 10.2. The lowest BCUT2D eigenvalue weighted by Crippen LogP contribution is -2.48. The van der Waals surface area contributed by atoms with E-state index in [1.54, 1.807) is 7.05 Å². The predicted molar refractivity (Wildman–Crippen MR) is 50.9 cm³/mol. The minimum absolute atomic E-state index is 0.219. The third kappa shape index (κ3) is 6.51. The Hall–Kier alpha value is -0.650. The molecule has 4 N–H and O–H groups in total. The summed E-state index contributed by atoms with van der Waals surface area (Å²) < 4.78 is 5.34. The molecule has 0 spiro atoms. The molecule has 5 nitrogen and oxygen atoms in total. The normalized spacial score (nSPS) is 13.9. The van der Waals surface area contributed by atoms with Gasteiger partial charge in [-0.2, -0.15) is 0 Å². The molecule has 0 radical (unpaired) electrons. The SMILES string of the molecule is CNNC(=O)[C@@H](N)COC(C)(C)C. The van der Waals surface area contributed by atoms with Gasteiger partial charge in [-0.25, -0.2) is 5.43 Å². The lowest BCUT2D eigenvalue weighted by molar-refractivity contribution is -0.125. The summed E-state index contributed by atoms with van der Waals surface area (Å²) in [5, 5.41) is 0. The van der Waals surface area contributed by atoms with Crippen molar-refractivity contribution in [2.75, 3.05) is 13.7 Å². The molecule has 0 aromatic heterocycles. The third-order valence-electron chi connectivity index (χ3n) is 1.28. The van der Waals surface area contributed by atoms with Crippen molar-refractivity contribution >= 4 is 5.91 Å². The van der Waals surface area contributed by atoms with Crippen LogP contribution in [0.1, 0.15) is 20.8 Å². The fourth-order valence-electron chi connectivity index (χ4n) is 0.631. The molecular formula is C8H19N3O2. The summed E-state index contributed by atoms with van der Waals surface area (Å²) in [5.74, 6) is -0.272. The van der Waals surface area contributed by atoms with E-state index in [4.69, 9.17) is 10.5 Å². The Bertz CT molecular complexity index is 165. The number of ether oxygens (including phenoxy) is 1. The van der Waals surface area contributed by atoms with Gasteiger partial charge in [-0.15, -0.1) is 0 Å². The van der Waals surface area contributed by atoms with Crippen LogP contribution < -0.4 is 16.6 Å². The summed E-state index contributed by atoms with van der Waals surface area (Å²) in [4.78, 5) is 11.1. The Balaban J connectivity index is 3.74. The standard InChI is InChI=1S/C8H19N3O2/c1-8(2,3)13-5-6(9)7(12)11-10-4/h6,10H,5,9H2,1-4H3,(H,11,12)/t6-/m0/s1. The van der Waals surface area contributed by atoms with Gasteiger partial charge in [-0.3, -0.25) is 10.2 Å². The van der Waals surface area contributed by atoms with E-state index in [-0.39, 0.29) is 18.1 Å². The minimum atomic E-state index is -0.633. The number of hydrogen-bond acceptors (Lipinski definition) is 4. The number of hydrogen-bond donors (Lipinski definition) is 3. The molecule has 0 aliphatic heterocycles. The van der Waals surface area contributed by atoms with Gasteiger partial charge in [-0.1, -0.05) is 0 Å². The molecule has 0 aromatic rings. The summed E-state index contributed by atoms with van der Waals surface area (Å²) in [6.45, 7) is 5.96. The molecule has 0 aliphatic carbocycles. The van der Waals surface area contributed by atoms with E-state index in [0.29, 0.717) is 0 Å². The van der Waals surface area contributed by atoms with E-state index >= 15 is 0 Å². The average molecular weight is 189 g/mol. The first-order chi connectivity index (χ1) is 5.87. The summed E-state index contributed by atoms with van der Waals surface area (Å²) >= 11 is 0. The first-order valence-electron chi connectivity index (χ1n) is 4.23. The molecule has 13 heavy (non-hydrogen) atoms. The fraction of sp³-hybridized carbons (Fsp3) is 0.875. The molecule has 0 aliphatic rings. The lowest BCUT2D eigenvalue weighted by Gasteiger charge is -2.21. The zero-order valence-corrected chi connectivity index (χ0v) is 8.68. The van der Waals surface area contributed by atoms with Crippen LogP contribution in [-0.2, 0) is 9.53 Å². The Kier molecular flexibility index (Phi) is 4.90. The Morgan fingerprint density at radius 3 is 2.46 bits per heavy atom. The molecule has 1 amide bonds. The average Bonchev–Trinajstić information content (AvgIpc) is 1.99. The number of amides is 1. The first-order valence-corrected chi connectivity index (χ1v) is 4.23. The maximum atomic E-state index is 11.1. The zero-order chi connectivity index (χ0) is 10.5. The van der Waals surface area contributed by atoms with Crippen molar-refractivity contribution in [2.24, 2.45) is 5.73 Å². The number of carbonyl (C=O) groups is 1. The number of carbonyl (C=O) groups excluding carboxylic acids is 1. The van der Waals surface area contributed by atoms with Crippen molar-refractivity contribution in [1.82, 2.24) is 10.9 Å². The van der Waals surface area contributed by atoms with Crippen LogP contribution in [0.4, 0.5) is 0 Å². The molecule has 0 aromatic carbocycles. The van der Waals surface area contributed by atoms with E-state index in [0.717, 1.165) is 0 Å². The molecule has 1 atom stereocenters. The van der Waals surface area contributed by atoms with Crippen molar-refractivity contribution in [3.63, 3.8) is 0 Å². The molecule has 5 heteroatoms. The maximum absolute atomic E-state index is 11.1. The van der Waals surface area contributed by atoms with Crippen LogP contribution in [0, 0.1) is 0 Å². The fourth-order valence-corrected chi connectivity index (χ4v) is 0.631. The van der Waals surface area contributed by atoms with Gasteiger partial charge in [0.25, 0.3) is 5.91 Å². The van der Waals surface area contributed by atoms with Gasteiger partial charge < -0.3 is 10.5 Å². The van der Waals surface area contributed by atoms with Crippen LogP contribution in [0.5, 0.6) is 0 Å². The van der Waals surface area contributed by atoms with Crippen molar-refractivity contribution < 1.29 is 9.53 Å². The minimum Gasteiger partial charge on any atom is -0.374 e. The van der Waals surface area contributed by atoms with Crippen molar-refractivity contribution in [3.8, 4) is 0 Å². The highest BCUT2D eigenvalue weighted by Crippen LogP contribution is 2.06. The molecule has 0 saturated heterocycles. The van der Waals surface area contributed by atoms with E-state index in [1.807, 2.05) is 20.8 Å². The molecule has 0 rings (SSSR count). The number of rotatable bonds is 4. The van der Waals surface area contributed by atoms with Gasteiger partial charge in [0, 0.05) is 7.05 Å².